The Bertz CT molecular complexity index is 273. The SMILES string of the molecule is CCCCOCc1cccc(CNC)c1. The van der Waals surface area contributed by atoms with Gasteiger partial charge in [0.1, 0.15) is 0 Å². The van der Waals surface area contributed by atoms with E-state index < -0.39 is 0 Å². The second-order valence-corrected chi connectivity index (χ2v) is 3.76. The van der Waals surface area contributed by atoms with Crippen LogP contribution in [0.5, 0.6) is 0 Å². The minimum Gasteiger partial charge on any atom is -0.377 e. The highest BCUT2D eigenvalue weighted by Crippen LogP contribution is 2.06. The van der Waals surface area contributed by atoms with Gasteiger partial charge in [0.2, 0.25) is 0 Å². The molecule has 1 N–H and O–H groups in total. The van der Waals surface area contributed by atoms with Gasteiger partial charge < -0.3 is 10.1 Å². The molecule has 0 aliphatic rings. The zero-order chi connectivity index (χ0) is 10.9. The summed E-state index contributed by atoms with van der Waals surface area (Å²) in [6.07, 6.45) is 2.34. The van der Waals surface area contributed by atoms with Crippen molar-refractivity contribution in [2.75, 3.05) is 13.7 Å². The first-order chi connectivity index (χ1) is 7.36. The van der Waals surface area contributed by atoms with Crippen LogP contribution in [0.15, 0.2) is 24.3 Å². The topological polar surface area (TPSA) is 21.3 Å². The molecule has 0 bridgehead atoms. The lowest BCUT2D eigenvalue weighted by atomic mass is 10.1. The first-order valence-electron chi connectivity index (χ1n) is 5.67. The summed E-state index contributed by atoms with van der Waals surface area (Å²) < 4.78 is 5.57. The van der Waals surface area contributed by atoms with Gasteiger partial charge in [-0.25, -0.2) is 0 Å². The molecule has 0 saturated carbocycles. The molecular weight excluding hydrogens is 186 g/mol. The summed E-state index contributed by atoms with van der Waals surface area (Å²) >= 11 is 0. The number of unbranched alkanes of at least 4 members (excludes halogenated alkanes) is 1. The Labute approximate surface area is 92.6 Å². The van der Waals surface area contributed by atoms with Gasteiger partial charge in [-0.05, 0) is 24.6 Å². The molecule has 0 aromatic heterocycles. The average molecular weight is 207 g/mol. The van der Waals surface area contributed by atoms with E-state index in [0.29, 0.717) is 0 Å². The fourth-order valence-electron chi connectivity index (χ4n) is 1.47. The summed E-state index contributed by atoms with van der Waals surface area (Å²) in [4.78, 5) is 0. The van der Waals surface area contributed by atoms with Crippen molar-refractivity contribution in [2.24, 2.45) is 0 Å². The Morgan fingerprint density at radius 3 is 2.80 bits per heavy atom. The molecule has 15 heavy (non-hydrogen) atoms. The van der Waals surface area contributed by atoms with Gasteiger partial charge in [-0.2, -0.15) is 0 Å². The van der Waals surface area contributed by atoms with E-state index >= 15 is 0 Å². The molecular formula is C13H21NO. The van der Waals surface area contributed by atoms with Gasteiger partial charge in [-0.1, -0.05) is 37.6 Å². The first-order valence-corrected chi connectivity index (χ1v) is 5.67. The van der Waals surface area contributed by atoms with Crippen LogP contribution >= 0.6 is 0 Å². The van der Waals surface area contributed by atoms with Gasteiger partial charge in [0, 0.05) is 13.2 Å². The predicted molar refractivity (Wildman–Crippen MR) is 63.8 cm³/mol. The lowest BCUT2D eigenvalue weighted by Gasteiger charge is -2.06. The van der Waals surface area contributed by atoms with E-state index in [4.69, 9.17) is 4.74 Å². The predicted octanol–water partition coefficient (Wildman–Crippen LogP) is 2.72. The Balaban J connectivity index is 2.36. The molecule has 0 aliphatic heterocycles. The van der Waals surface area contributed by atoms with Crippen LogP contribution in [-0.4, -0.2) is 13.7 Å². The number of benzene rings is 1. The first kappa shape index (κ1) is 12.2. The fraction of sp³-hybridized carbons (Fsp3) is 0.538. The van der Waals surface area contributed by atoms with Crippen LogP contribution in [0.1, 0.15) is 30.9 Å². The van der Waals surface area contributed by atoms with Crippen molar-refractivity contribution in [3.8, 4) is 0 Å². The molecule has 0 aliphatic carbocycles. The highest BCUT2D eigenvalue weighted by atomic mass is 16.5. The van der Waals surface area contributed by atoms with Gasteiger partial charge in [0.25, 0.3) is 0 Å². The Morgan fingerprint density at radius 1 is 1.27 bits per heavy atom. The van der Waals surface area contributed by atoms with E-state index in [-0.39, 0.29) is 0 Å². The van der Waals surface area contributed by atoms with Crippen LogP contribution in [0.25, 0.3) is 0 Å². The summed E-state index contributed by atoms with van der Waals surface area (Å²) in [5.74, 6) is 0. The Kier molecular flexibility index (Phi) is 6.05. The summed E-state index contributed by atoms with van der Waals surface area (Å²) in [5.41, 5.74) is 2.58. The number of ether oxygens (including phenoxy) is 1. The molecule has 0 radical (unpaired) electrons. The number of rotatable bonds is 7. The quantitative estimate of drug-likeness (QED) is 0.694. The molecule has 0 fully saturated rings. The molecule has 1 rings (SSSR count). The van der Waals surface area contributed by atoms with Gasteiger partial charge in [-0.3, -0.25) is 0 Å². The van der Waals surface area contributed by atoms with Gasteiger partial charge in [0.05, 0.1) is 6.61 Å². The highest BCUT2D eigenvalue weighted by molar-refractivity contribution is 5.22. The van der Waals surface area contributed by atoms with E-state index in [1.165, 1.54) is 17.5 Å². The summed E-state index contributed by atoms with van der Waals surface area (Å²) in [5, 5.41) is 3.15. The van der Waals surface area contributed by atoms with Gasteiger partial charge in [0.15, 0.2) is 0 Å². The maximum absolute atomic E-state index is 5.57. The number of nitrogens with one attached hydrogen (secondary N) is 1. The molecule has 1 aromatic rings. The fourth-order valence-corrected chi connectivity index (χ4v) is 1.47. The monoisotopic (exact) mass is 207 g/mol. The second kappa shape index (κ2) is 7.43. The normalized spacial score (nSPS) is 10.5. The van der Waals surface area contributed by atoms with Crippen LogP contribution in [0.3, 0.4) is 0 Å². The van der Waals surface area contributed by atoms with Crippen LogP contribution in [0.4, 0.5) is 0 Å². The summed E-state index contributed by atoms with van der Waals surface area (Å²) in [7, 11) is 1.96. The molecule has 0 saturated heterocycles. The van der Waals surface area contributed by atoms with Gasteiger partial charge >= 0.3 is 0 Å². The maximum atomic E-state index is 5.57. The van der Waals surface area contributed by atoms with Crippen LogP contribution < -0.4 is 5.32 Å². The third-order valence-corrected chi connectivity index (χ3v) is 2.28. The Morgan fingerprint density at radius 2 is 2.07 bits per heavy atom. The minimum atomic E-state index is 0.734. The highest BCUT2D eigenvalue weighted by Gasteiger charge is 1.95. The number of hydrogen-bond acceptors (Lipinski definition) is 2. The van der Waals surface area contributed by atoms with Gasteiger partial charge in [-0.15, -0.1) is 0 Å². The molecule has 0 spiro atoms. The van der Waals surface area contributed by atoms with Crippen molar-refractivity contribution in [1.82, 2.24) is 5.32 Å². The smallest absolute Gasteiger partial charge is 0.0716 e. The molecule has 0 unspecified atom stereocenters. The summed E-state index contributed by atoms with van der Waals surface area (Å²) in [6.45, 7) is 4.70. The molecule has 2 heteroatoms. The Hall–Kier alpha value is -0.860. The summed E-state index contributed by atoms with van der Waals surface area (Å²) in [6, 6.07) is 8.53. The van der Waals surface area contributed by atoms with Crippen molar-refractivity contribution < 1.29 is 4.74 Å². The molecule has 0 amide bonds. The third-order valence-electron chi connectivity index (χ3n) is 2.28. The average Bonchev–Trinajstić information content (AvgIpc) is 2.26. The van der Waals surface area contributed by atoms with Crippen LogP contribution in [0.2, 0.25) is 0 Å². The van der Waals surface area contributed by atoms with Crippen molar-refractivity contribution in [2.45, 2.75) is 32.9 Å². The molecule has 1 aromatic carbocycles. The van der Waals surface area contributed by atoms with E-state index in [1.807, 2.05) is 7.05 Å². The van der Waals surface area contributed by atoms with Crippen molar-refractivity contribution in [3.05, 3.63) is 35.4 Å². The standard InChI is InChI=1S/C13H21NO/c1-3-4-8-15-11-13-7-5-6-12(9-13)10-14-2/h5-7,9,14H,3-4,8,10-11H2,1-2H3. The molecule has 2 nitrogen and oxygen atoms in total. The largest absolute Gasteiger partial charge is 0.377 e. The molecule has 0 heterocycles. The lowest BCUT2D eigenvalue weighted by Crippen LogP contribution is -2.05. The number of hydrogen-bond donors (Lipinski definition) is 1. The third kappa shape index (κ3) is 4.96. The second-order valence-electron chi connectivity index (χ2n) is 3.76. The van der Waals surface area contributed by atoms with Crippen LogP contribution in [0, 0.1) is 0 Å². The minimum absolute atomic E-state index is 0.734. The van der Waals surface area contributed by atoms with E-state index in [0.717, 1.165) is 26.2 Å². The zero-order valence-corrected chi connectivity index (χ0v) is 9.75. The van der Waals surface area contributed by atoms with E-state index in [2.05, 4.69) is 36.5 Å². The lowest BCUT2D eigenvalue weighted by molar-refractivity contribution is 0.118. The molecule has 0 atom stereocenters. The van der Waals surface area contributed by atoms with E-state index in [1.54, 1.807) is 0 Å². The molecule has 84 valence electrons. The maximum Gasteiger partial charge on any atom is 0.0716 e. The zero-order valence-electron chi connectivity index (χ0n) is 9.75. The van der Waals surface area contributed by atoms with Crippen molar-refractivity contribution in [3.63, 3.8) is 0 Å². The van der Waals surface area contributed by atoms with Crippen LogP contribution in [-0.2, 0) is 17.9 Å². The van der Waals surface area contributed by atoms with E-state index in [9.17, 15) is 0 Å². The van der Waals surface area contributed by atoms with Crippen molar-refractivity contribution in [1.29, 1.82) is 0 Å². The van der Waals surface area contributed by atoms with Crippen molar-refractivity contribution >= 4 is 0 Å².